The number of benzene rings is 1. The third-order valence-electron chi connectivity index (χ3n) is 2.52. The Balaban J connectivity index is 2.36. The van der Waals surface area contributed by atoms with Crippen LogP contribution in [0.1, 0.15) is 17.2 Å². The summed E-state index contributed by atoms with van der Waals surface area (Å²) in [5.74, 6) is 1.03. The van der Waals surface area contributed by atoms with Crippen LogP contribution in [-0.4, -0.2) is 14.2 Å². The number of hydrogen-bond acceptors (Lipinski definition) is 2. The lowest BCUT2D eigenvalue weighted by atomic mass is 9.83. The highest BCUT2D eigenvalue weighted by atomic mass is 16.5. The van der Waals surface area contributed by atoms with Crippen LogP contribution in [0, 0.1) is 0 Å². The molecule has 2 heteroatoms. The molecule has 0 saturated heterocycles. The number of fused-ring (bicyclic) bond motifs is 1. The predicted molar refractivity (Wildman–Crippen MR) is 48.5 cm³/mol. The summed E-state index contributed by atoms with van der Waals surface area (Å²) in [4.78, 5) is 0. The Hall–Kier alpha value is -1.02. The Morgan fingerprint density at radius 3 is 3.00 bits per heavy atom. The molecule has 2 rings (SSSR count). The summed E-state index contributed by atoms with van der Waals surface area (Å²) in [5, 5.41) is 3.25. The molecular weight excluding hydrogens is 150 g/mol. The summed E-state index contributed by atoms with van der Waals surface area (Å²) in [6, 6.07) is 6.75. The van der Waals surface area contributed by atoms with Gasteiger partial charge in [-0.3, -0.25) is 0 Å². The van der Waals surface area contributed by atoms with Crippen molar-refractivity contribution in [3.05, 3.63) is 29.3 Å². The predicted octanol–water partition coefficient (Wildman–Crippen LogP) is 1.51. The lowest BCUT2D eigenvalue weighted by Gasteiger charge is -2.31. The number of ether oxygens (including phenoxy) is 1. The molecule has 1 unspecified atom stereocenters. The van der Waals surface area contributed by atoms with Crippen molar-refractivity contribution in [2.75, 3.05) is 14.2 Å². The Kier molecular flexibility index (Phi) is 1.77. The molecule has 0 fully saturated rings. The summed E-state index contributed by atoms with van der Waals surface area (Å²) in [6.07, 6.45) is 1.09. The second-order valence-corrected chi connectivity index (χ2v) is 3.07. The summed E-state index contributed by atoms with van der Waals surface area (Å²) in [6.45, 7) is 0. The maximum absolute atomic E-state index is 5.24. The van der Waals surface area contributed by atoms with Crippen molar-refractivity contribution in [1.29, 1.82) is 0 Å². The third kappa shape index (κ3) is 0.916. The van der Waals surface area contributed by atoms with E-state index in [1.54, 1.807) is 7.11 Å². The van der Waals surface area contributed by atoms with Gasteiger partial charge in [0.15, 0.2) is 0 Å². The van der Waals surface area contributed by atoms with Gasteiger partial charge in [-0.05, 0) is 25.1 Å². The second kappa shape index (κ2) is 2.79. The van der Waals surface area contributed by atoms with Crippen LogP contribution in [-0.2, 0) is 6.42 Å². The summed E-state index contributed by atoms with van der Waals surface area (Å²) < 4.78 is 5.24. The van der Waals surface area contributed by atoms with Crippen molar-refractivity contribution in [2.45, 2.75) is 12.5 Å². The van der Waals surface area contributed by atoms with Gasteiger partial charge in [-0.1, -0.05) is 12.1 Å². The van der Waals surface area contributed by atoms with E-state index in [1.807, 2.05) is 19.2 Å². The molecule has 0 aromatic heterocycles. The van der Waals surface area contributed by atoms with E-state index in [-0.39, 0.29) is 0 Å². The van der Waals surface area contributed by atoms with Crippen LogP contribution in [0.2, 0.25) is 0 Å². The van der Waals surface area contributed by atoms with Crippen LogP contribution in [0.3, 0.4) is 0 Å². The number of nitrogens with one attached hydrogen (secondary N) is 1. The van der Waals surface area contributed by atoms with Gasteiger partial charge in [0, 0.05) is 11.6 Å². The summed E-state index contributed by atoms with van der Waals surface area (Å²) in [7, 11) is 3.72. The summed E-state index contributed by atoms with van der Waals surface area (Å²) in [5.41, 5.74) is 2.75. The first-order valence-electron chi connectivity index (χ1n) is 4.20. The molecule has 0 radical (unpaired) electrons. The number of rotatable bonds is 2. The average Bonchev–Trinajstić information content (AvgIpc) is 2.07. The summed E-state index contributed by atoms with van der Waals surface area (Å²) >= 11 is 0. The van der Waals surface area contributed by atoms with E-state index in [0.717, 1.165) is 12.2 Å². The highest BCUT2D eigenvalue weighted by Gasteiger charge is 2.27. The Morgan fingerprint density at radius 2 is 2.33 bits per heavy atom. The molecule has 1 aromatic carbocycles. The van der Waals surface area contributed by atoms with Crippen molar-refractivity contribution >= 4 is 0 Å². The lowest BCUT2D eigenvalue weighted by molar-refractivity contribution is 0.394. The van der Waals surface area contributed by atoms with E-state index < -0.39 is 0 Å². The van der Waals surface area contributed by atoms with Gasteiger partial charge in [0.05, 0.1) is 7.11 Å². The van der Waals surface area contributed by atoms with Crippen molar-refractivity contribution in [3.63, 3.8) is 0 Å². The molecular formula is C10H13NO. The maximum Gasteiger partial charge on any atom is 0.122 e. The minimum absolute atomic E-state index is 0.537. The standard InChI is InChI=1S/C10H13NO/c1-11-9-6-8-7(9)4-3-5-10(8)12-2/h3-5,9,11H,6H2,1-2H3. The van der Waals surface area contributed by atoms with Crippen LogP contribution in [0.15, 0.2) is 18.2 Å². The highest BCUT2D eigenvalue weighted by Crippen LogP contribution is 2.38. The average molecular weight is 163 g/mol. The number of hydrogen-bond donors (Lipinski definition) is 1. The van der Waals surface area contributed by atoms with E-state index >= 15 is 0 Å². The van der Waals surface area contributed by atoms with Gasteiger partial charge in [-0.15, -0.1) is 0 Å². The van der Waals surface area contributed by atoms with Gasteiger partial charge in [-0.25, -0.2) is 0 Å². The van der Waals surface area contributed by atoms with Crippen molar-refractivity contribution in [1.82, 2.24) is 5.32 Å². The first-order valence-corrected chi connectivity index (χ1v) is 4.20. The first kappa shape index (κ1) is 7.62. The molecule has 1 atom stereocenters. The minimum atomic E-state index is 0.537. The van der Waals surface area contributed by atoms with E-state index in [9.17, 15) is 0 Å². The zero-order chi connectivity index (χ0) is 8.55. The lowest BCUT2D eigenvalue weighted by Crippen LogP contribution is -2.28. The smallest absolute Gasteiger partial charge is 0.122 e. The second-order valence-electron chi connectivity index (χ2n) is 3.07. The SMILES string of the molecule is CNC1Cc2c(OC)cccc21. The first-order chi connectivity index (χ1) is 5.86. The maximum atomic E-state index is 5.24. The monoisotopic (exact) mass is 163 g/mol. The van der Waals surface area contributed by atoms with Gasteiger partial charge in [0.2, 0.25) is 0 Å². The molecule has 0 spiro atoms. The molecule has 0 aliphatic heterocycles. The fourth-order valence-corrected chi connectivity index (χ4v) is 1.76. The van der Waals surface area contributed by atoms with Crippen LogP contribution in [0.4, 0.5) is 0 Å². The molecule has 0 bridgehead atoms. The van der Waals surface area contributed by atoms with E-state index in [4.69, 9.17) is 4.74 Å². The molecule has 0 heterocycles. The molecule has 2 nitrogen and oxygen atoms in total. The zero-order valence-corrected chi connectivity index (χ0v) is 7.42. The van der Waals surface area contributed by atoms with Crippen LogP contribution in [0.25, 0.3) is 0 Å². The Bertz CT molecular complexity index is 296. The molecule has 0 saturated carbocycles. The van der Waals surface area contributed by atoms with E-state index in [1.165, 1.54) is 11.1 Å². The van der Waals surface area contributed by atoms with E-state index in [0.29, 0.717) is 6.04 Å². The van der Waals surface area contributed by atoms with Gasteiger partial charge in [-0.2, -0.15) is 0 Å². The molecule has 1 aromatic rings. The van der Waals surface area contributed by atoms with Crippen molar-refractivity contribution < 1.29 is 4.74 Å². The van der Waals surface area contributed by atoms with Crippen molar-refractivity contribution in [3.8, 4) is 5.75 Å². The molecule has 0 amide bonds. The highest BCUT2D eigenvalue weighted by molar-refractivity contribution is 5.48. The fourth-order valence-electron chi connectivity index (χ4n) is 1.76. The van der Waals surface area contributed by atoms with Crippen molar-refractivity contribution in [2.24, 2.45) is 0 Å². The molecule has 1 N–H and O–H groups in total. The quantitative estimate of drug-likeness (QED) is 0.713. The number of methoxy groups -OCH3 is 1. The Labute approximate surface area is 72.5 Å². The fraction of sp³-hybridized carbons (Fsp3) is 0.400. The van der Waals surface area contributed by atoms with Gasteiger partial charge in [0.25, 0.3) is 0 Å². The third-order valence-corrected chi connectivity index (χ3v) is 2.52. The van der Waals surface area contributed by atoms with Gasteiger partial charge >= 0.3 is 0 Å². The number of likely N-dealkylation sites (N-methyl/N-ethyl adjacent to an activating group) is 1. The van der Waals surface area contributed by atoms with E-state index in [2.05, 4.69) is 11.4 Å². The Morgan fingerprint density at radius 1 is 1.50 bits per heavy atom. The minimum Gasteiger partial charge on any atom is -0.496 e. The molecule has 1 aliphatic rings. The van der Waals surface area contributed by atoms with Gasteiger partial charge < -0.3 is 10.1 Å². The molecule has 64 valence electrons. The van der Waals surface area contributed by atoms with Crippen LogP contribution < -0.4 is 10.1 Å². The van der Waals surface area contributed by atoms with Crippen LogP contribution in [0.5, 0.6) is 5.75 Å². The molecule has 1 aliphatic carbocycles. The largest absolute Gasteiger partial charge is 0.496 e. The zero-order valence-electron chi connectivity index (χ0n) is 7.42. The topological polar surface area (TPSA) is 21.3 Å². The van der Waals surface area contributed by atoms with Gasteiger partial charge in [0.1, 0.15) is 5.75 Å². The van der Waals surface area contributed by atoms with Crippen LogP contribution >= 0.6 is 0 Å². The molecule has 12 heavy (non-hydrogen) atoms. The normalized spacial score (nSPS) is 19.7.